The second-order valence-electron chi connectivity index (χ2n) is 3.47. The minimum atomic E-state index is -4.67. The van der Waals surface area contributed by atoms with Gasteiger partial charge in [0.25, 0.3) is 0 Å². The van der Waals surface area contributed by atoms with Gasteiger partial charge in [-0.25, -0.2) is 9.37 Å². The van der Waals surface area contributed by atoms with Crippen LogP contribution in [0.2, 0.25) is 5.02 Å². The molecule has 0 atom stereocenters. The van der Waals surface area contributed by atoms with Crippen molar-refractivity contribution in [1.82, 2.24) is 9.97 Å². The summed E-state index contributed by atoms with van der Waals surface area (Å²) in [6, 6.07) is 0. The standard InChI is InChI=1S/C9H6ClF4N3/c1-2-3(10)6-7(5(15)4(2)11)17-8(16-6)9(12,13)14/h15H2,1H3,(H,16,17). The van der Waals surface area contributed by atoms with E-state index in [0.717, 1.165) is 0 Å². The van der Waals surface area contributed by atoms with Crippen LogP contribution in [0.4, 0.5) is 23.2 Å². The van der Waals surface area contributed by atoms with Crippen LogP contribution in [0.15, 0.2) is 0 Å². The van der Waals surface area contributed by atoms with Gasteiger partial charge in [-0.2, -0.15) is 13.2 Å². The van der Waals surface area contributed by atoms with Crippen molar-refractivity contribution in [1.29, 1.82) is 0 Å². The number of nitrogens with zero attached hydrogens (tertiary/aromatic N) is 1. The van der Waals surface area contributed by atoms with Crippen LogP contribution < -0.4 is 5.73 Å². The van der Waals surface area contributed by atoms with Crippen LogP contribution in [0.1, 0.15) is 11.4 Å². The van der Waals surface area contributed by atoms with Gasteiger partial charge in [0, 0.05) is 5.56 Å². The van der Waals surface area contributed by atoms with Gasteiger partial charge in [-0.1, -0.05) is 11.6 Å². The molecule has 1 aromatic heterocycles. The first-order valence-electron chi connectivity index (χ1n) is 4.43. The highest BCUT2D eigenvalue weighted by Gasteiger charge is 2.35. The molecule has 0 bridgehead atoms. The summed E-state index contributed by atoms with van der Waals surface area (Å²) in [5.74, 6) is -2.12. The Kier molecular flexibility index (Phi) is 2.46. The zero-order valence-corrected chi connectivity index (χ0v) is 9.17. The molecule has 8 heteroatoms. The van der Waals surface area contributed by atoms with Crippen LogP contribution in [0, 0.1) is 12.7 Å². The molecule has 0 unspecified atom stereocenters. The SMILES string of the molecule is Cc1c(F)c(N)c2nc(C(F)(F)F)[nH]c2c1Cl. The van der Waals surface area contributed by atoms with Gasteiger partial charge in [-0.15, -0.1) is 0 Å². The number of nitrogen functional groups attached to an aromatic ring is 1. The first kappa shape index (κ1) is 12.0. The molecule has 0 fully saturated rings. The number of nitrogens with two attached hydrogens (primary N) is 1. The number of rotatable bonds is 0. The molecule has 17 heavy (non-hydrogen) atoms. The average molecular weight is 268 g/mol. The number of aromatic amines is 1. The molecule has 0 aliphatic heterocycles. The number of H-pyrrole nitrogens is 1. The number of hydrogen-bond acceptors (Lipinski definition) is 2. The van der Waals surface area contributed by atoms with E-state index in [-0.39, 0.29) is 21.6 Å². The second-order valence-corrected chi connectivity index (χ2v) is 3.85. The normalized spacial score (nSPS) is 12.4. The third-order valence-corrected chi connectivity index (χ3v) is 2.81. The molecular formula is C9H6ClF4N3. The fourth-order valence-electron chi connectivity index (χ4n) is 1.45. The highest BCUT2D eigenvalue weighted by Crippen LogP contribution is 2.36. The van der Waals surface area contributed by atoms with Crippen molar-refractivity contribution in [3.05, 3.63) is 22.2 Å². The maximum absolute atomic E-state index is 13.5. The third kappa shape index (κ3) is 1.70. The van der Waals surface area contributed by atoms with Crippen LogP contribution in [-0.2, 0) is 6.18 Å². The van der Waals surface area contributed by atoms with Gasteiger partial charge < -0.3 is 10.7 Å². The molecule has 0 amide bonds. The molecule has 3 nitrogen and oxygen atoms in total. The lowest BCUT2D eigenvalue weighted by atomic mass is 10.1. The highest BCUT2D eigenvalue weighted by molar-refractivity contribution is 6.36. The van der Waals surface area contributed by atoms with Gasteiger partial charge in [-0.05, 0) is 6.92 Å². The molecule has 0 spiro atoms. The van der Waals surface area contributed by atoms with E-state index in [0.29, 0.717) is 0 Å². The lowest BCUT2D eigenvalue weighted by Gasteiger charge is -2.04. The van der Waals surface area contributed by atoms with E-state index in [2.05, 4.69) is 4.98 Å². The Morgan fingerprint density at radius 1 is 1.35 bits per heavy atom. The number of aromatic nitrogens is 2. The van der Waals surface area contributed by atoms with Crippen molar-refractivity contribution < 1.29 is 17.6 Å². The van der Waals surface area contributed by atoms with Crippen LogP contribution in [-0.4, -0.2) is 9.97 Å². The van der Waals surface area contributed by atoms with Crippen LogP contribution in [0.5, 0.6) is 0 Å². The molecule has 0 radical (unpaired) electrons. The van der Waals surface area contributed by atoms with Crippen molar-refractivity contribution in [2.45, 2.75) is 13.1 Å². The van der Waals surface area contributed by atoms with Crippen molar-refractivity contribution in [2.75, 3.05) is 5.73 Å². The van der Waals surface area contributed by atoms with Crippen molar-refractivity contribution in [3.63, 3.8) is 0 Å². The first-order chi connectivity index (χ1) is 7.73. The number of benzene rings is 1. The highest BCUT2D eigenvalue weighted by atomic mass is 35.5. The number of fused-ring (bicyclic) bond motifs is 1. The van der Waals surface area contributed by atoms with E-state index in [4.69, 9.17) is 17.3 Å². The van der Waals surface area contributed by atoms with Crippen molar-refractivity contribution >= 4 is 28.3 Å². The fourth-order valence-corrected chi connectivity index (χ4v) is 1.67. The number of imidazole rings is 1. The Bertz CT molecular complexity index is 558. The largest absolute Gasteiger partial charge is 0.449 e. The second kappa shape index (κ2) is 3.49. The molecule has 0 aliphatic carbocycles. The molecule has 2 rings (SSSR count). The van der Waals surface area contributed by atoms with E-state index in [1.807, 2.05) is 4.98 Å². The lowest BCUT2D eigenvalue weighted by Crippen LogP contribution is -2.06. The van der Waals surface area contributed by atoms with Crippen LogP contribution in [0.3, 0.4) is 0 Å². The number of anilines is 1. The van der Waals surface area contributed by atoms with E-state index >= 15 is 0 Å². The maximum atomic E-state index is 13.5. The monoisotopic (exact) mass is 267 g/mol. The number of hydrogen-bond donors (Lipinski definition) is 2. The molecule has 1 heterocycles. The Labute approximate surface area is 97.6 Å². The zero-order valence-electron chi connectivity index (χ0n) is 8.41. The zero-order chi connectivity index (χ0) is 13.0. The Balaban J connectivity index is 2.86. The van der Waals surface area contributed by atoms with E-state index in [1.54, 1.807) is 0 Å². The summed E-state index contributed by atoms with van der Waals surface area (Å²) in [5, 5.41) is -0.158. The molecule has 92 valence electrons. The smallest absolute Gasteiger partial charge is 0.395 e. The average Bonchev–Trinajstić information content (AvgIpc) is 2.67. The quantitative estimate of drug-likeness (QED) is 0.568. The van der Waals surface area contributed by atoms with E-state index in [1.165, 1.54) is 6.92 Å². The maximum Gasteiger partial charge on any atom is 0.449 e. The van der Waals surface area contributed by atoms with Crippen LogP contribution >= 0.6 is 11.6 Å². The van der Waals surface area contributed by atoms with Gasteiger partial charge in [-0.3, -0.25) is 0 Å². The summed E-state index contributed by atoms with van der Waals surface area (Å²) in [6.07, 6.45) is -4.67. The summed E-state index contributed by atoms with van der Waals surface area (Å²) in [4.78, 5) is 5.21. The number of halogens is 5. The summed E-state index contributed by atoms with van der Waals surface area (Å²) in [7, 11) is 0. The van der Waals surface area contributed by atoms with Crippen molar-refractivity contribution in [3.8, 4) is 0 Å². The van der Waals surface area contributed by atoms with E-state index < -0.39 is 23.5 Å². The van der Waals surface area contributed by atoms with Gasteiger partial charge in [0.1, 0.15) is 5.52 Å². The molecule has 1 aromatic carbocycles. The van der Waals surface area contributed by atoms with Gasteiger partial charge in [0.05, 0.1) is 16.2 Å². The predicted molar refractivity (Wildman–Crippen MR) is 55.2 cm³/mol. The Morgan fingerprint density at radius 2 is 1.94 bits per heavy atom. The molecular weight excluding hydrogens is 262 g/mol. The number of alkyl halides is 3. The van der Waals surface area contributed by atoms with Gasteiger partial charge in [0.15, 0.2) is 5.82 Å². The summed E-state index contributed by atoms with van der Waals surface area (Å²) in [6.45, 7) is 1.32. The van der Waals surface area contributed by atoms with Gasteiger partial charge in [0.2, 0.25) is 5.82 Å². The van der Waals surface area contributed by atoms with Crippen molar-refractivity contribution in [2.24, 2.45) is 0 Å². The molecule has 2 aromatic rings. The minimum absolute atomic E-state index is 0.0194. The minimum Gasteiger partial charge on any atom is -0.395 e. The summed E-state index contributed by atoms with van der Waals surface area (Å²) >= 11 is 5.73. The van der Waals surface area contributed by atoms with Gasteiger partial charge >= 0.3 is 6.18 Å². The Hall–Kier alpha value is -1.50. The molecule has 0 saturated heterocycles. The summed E-state index contributed by atoms with van der Waals surface area (Å²) < 4.78 is 50.7. The number of nitrogens with one attached hydrogen (secondary N) is 1. The summed E-state index contributed by atoms with van der Waals surface area (Å²) in [5.41, 5.74) is 4.46. The predicted octanol–water partition coefficient (Wildman–Crippen LogP) is 3.26. The first-order valence-corrected chi connectivity index (χ1v) is 4.81. The van der Waals surface area contributed by atoms with Crippen LogP contribution in [0.25, 0.3) is 11.0 Å². The van der Waals surface area contributed by atoms with E-state index in [9.17, 15) is 17.6 Å². The third-order valence-electron chi connectivity index (χ3n) is 2.34. The molecule has 0 saturated carbocycles. The Morgan fingerprint density at radius 3 is 2.47 bits per heavy atom. The molecule has 3 N–H and O–H groups in total. The topological polar surface area (TPSA) is 54.7 Å². The fraction of sp³-hybridized carbons (Fsp3) is 0.222. The molecule has 0 aliphatic rings. The lowest BCUT2D eigenvalue weighted by molar-refractivity contribution is -0.144.